The highest BCUT2D eigenvalue weighted by Crippen LogP contribution is 2.33. The van der Waals surface area contributed by atoms with E-state index in [0.29, 0.717) is 18.7 Å². The predicted octanol–water partition coefficient (Wildman–Crippen LogP) is 3.57. The largest absolute Gasteiger partial charge is 0.419 e. The molecule has 0 unspecified atom stereocenters. The molecule has 2 aromatic carbocycles. The highest BCUT2D eigenvalue weighted by atomic mass is 32.2. The van der Waals surface area contributed by atoms with Crippen LogP contribution in [0.25, 0.3) is 33.0 Å². The maximum absolute atomic E-state index is 12.2. The Morgan fingerprint density at radius 1 is 1.12 bits per heavy atom. The molecule has 172 valence electrons. The van der Waals surface area contributed by atoms with Crippen molar-refractivity contribution in [3.63, 3.8) is 0 Å². The molecule has 0 spiro atoms. The van der Waals surface area contributed by atoms with Crippen molar-refractivity contribution >= 4 is 37.6 Å². The first-order valence-electron chi connectivity index (χ1n) is 11.1. The van der Waals surface area contributed by atoms with Crippen molar-refractivity contribution < 1.29 is 12.8 Å². The average Bonchev–Trinajstić information content (AvgIpc) is 3.12. The summed E-state index contributed by atoms with van der Waals surface area (Å²) in [7, 11) is -1.45. The van der Waals surface area contributed by atoms with Gasteiger partial charge in [0.15, 0.2) is 5.58 Å². The summed E-state index contributed by atoms with van der Waals surface area (Å²) < 4.78 is 32.7. The minimum Gasteiger partial charge on any atom is -0.408 e. The number of hydrogen-bond acceptors (Lipinski definition) is 6. The van der Waals surface area contributed by atoms with Crippen molar-refractivity contribution in [1.29, 1.82) is 0 Å². The number of oxazole rings is 1. The van der Waals surface area contributed by atoms with E-state index in [1.165, 1.54) is 4.57 Å². The Morgan fingerprint density at radius 3 is 2.67 bits per heavy atom. The molecule has 5 rings (SSSR count). The van der Waals surface area contributed by atoms with E-state index in [1.54, 1.807) is 24.5 Å². The zero-order valence-electron chi connectivity index (χ0n) is 18.6. The summed E-state index contributed by atoms with van der Waals surface area (Å²) in [5.41, 5.74) is 4.26. The van der Waals surface area contributed by atoms with Gasteiger partial charge in [-0.3, -0.25) is 9.55 Å². The summed E-state index contributed by atoms with van der Waals surface area (Å²) in [6.07, 6.45) is 5.11. The Balaban J connectivity index is 1.49. The molecular formula is C24H26N4O4S. The molecule has 1 aliphatic rings. The van der Waals surface area contributed by atoms with Crippen LogP contribution in [-0.2, 0) is 17.1 Å². The Hall–Kier alpha value is -3.17. The second-order valence-electron chi connectivity index (χ2n) is 8.45. The normalized spacial score (nSPS) is 15.9. The molecule has 0 aliphatic carbocycles. The molecule has 1 aliphatic heterocycles. The van der Waals surface area contributed by atoms with Gasteiger partial charge in [-0.15, -0.1) is 0 Å². The smallest absolute Gasteiger partial charge is 0.408 e. The number of sulfonamides is 1. The molecule has 9 heteroatoms. The molecule has 8 nitrogen and oxygen atoms in total. The van der Waals surface area contributed by atoms with Crippen molar-refractivity contribution in [3.05, 3.63) is 59.3 Å². The van der Waals surface area contributed by atoms with E-state index in [-0.39, 0.29) is 17.6 Å². The highest BCUT2D eigenvalue weighted by Gasteiger charge is 2.27. The zero-order valence-corrected chi connectivity index (χ0v) is 19.4. The molecule has 4 aromatic rings. The Morgan fingerprint density at radius 2 is 1.91 bits per heavy atom. The van der Waals surface area contributed by atoms with Crippen LogP contribution in [0.3, 0.4) is 0 Å². The first-order valence-corrected chi connectivity index (χ1v) is 12.7. The van der Waals surface area contributed by atoms with E-state index in [1.807, 2.05) is 30.5 Å². The van der Waals surface area contributed by atoms with Crippen molar-refractivity contribution in [3.8, 4) is 11.1 Å². The number of anilines is 1. The topological polar surface area (TPSA) is 97.4 Å². The number of pyridine rings is 1. The third-order valence-corrected chi connectivity index (χ3v) is 8.33. The van der Waals surface area contributed by atoms with Crippen LogP contribution in [-0.4, -0.2) is 47.2 Å². The summed E-state index contributed by atoms with van der Waals surface area (Å²) in [5.74, 6) is -0.249. The average molecular weight is 467 g/mol. The minimum absolute atomic E-state index is 0.135. The lowest BCUT2D eigenvalue weighted by Crippen LogP contribution is -2.42. The number of hydrogen-bond donors (Lipinski definition) is 1. The Labute approximate surface area is 191 Å². The van der Waals surface area contributed by atoms with E-state index in [9.17, 15) is 13.2 Å². The lowest BCUT2D eigenvalue weighted by atomic mass is 9.99. The number of piperidine rings is 1. The molecule has 2 aromatic heterocycles. The highest BCUT2D eigenvalue weighted by molar-refractivity contribution is 7.89. The van der Waals surface area contributed by atoms with Gasteiger partial charge in [0.2, 0.25) is 10.0 Å². The SMILES string of the molecule is CCS(=O)(=O)N1CCC(Nc2cc(-c3ccc4oc(=O)n(C)c4c3)cc3ccncc23)CC1. The van der Waals surface area contributed by atoms with Crippen LogP contribution in [0, 0.1) is 0 Å². The number of nitrogens with zero attached hydrogens (tertiary/aromatic N) is 3. The summed E-state index contributed by atoms with van der Waals surface area (Å²) in [4.78, 5) is 16.2. The van der Waals surface area contributed by atoms with Gasteiger partial charge in [-0.2, -0.15) is 0 Å². The maximum atomic E-state index is 12.2. The number of nitrogens with one attached hydrogen (secondary N) is 1. The third-order valence-electron chi connectivity index (χ3n) is 6.45. The lowest BCUT2D eigenvalue weighted by Gasteiger charge is -2.32. The number of benzene rings is 2. The molecule has 0 atom stereocenters. The van der Waals surface area contributed by atoms with Gasteiger partial charge in [0, 0.05) is 49.6 Å². The molecule has 1 N–H and O–H groups in total. The quantitative estimate of drug-likeness (QED) is 0.483. The van der Waals surface area contributed by atoms with Crippen LogP contribution >= 0.6 is 0 Å². The molecule has 1 fully saturated rings. The molecule has 33 heavy (non-hydrogen) atoms. The first-order chi connectivity index (χ1) is 15.9. The number of aromatic nitrogens is 2. The number of rotatable bonds is 5. The molecule has 0 amide bonds. The fourth-order valence-electron chi connectivity index (χ4n) is 4.47. The number of aryl methyl sites for hydroxylation is 1. The molecule has 1 saturated heterocycles. The molecule has 0 saturated carbocycles. The van der Waals surface area contributed by atoms with Crippen LogP contribution in [0.2, 0.25) is 0 Å². The first kappa shape index (κ1) is 21.7. The van der Waals surface area contributed by atoms with Crippen LogP contribution in [0.4, 0.5) is 5.69 Å². The lowest BCUT2D eigenvalue weighted by molar-refractivity contribution is 0.330. The van der Waals surface area contributed by atoms with Gasteiger partial charge in [-0.25, -0.2) is 17.5 Å². The van der Waals surface area contributed by atoms with Gasteiger partial charge in [-0.05, 0) is 66.6 Å². The van der Waals surface area contributed by atoms with Crippen molar-refractivity contribution in [2.75, 3.05) is 24.2 Å². The van der Waals surface area contributed by atoms with E-state index < -0.39 is 10.0 Å². The number of fused-ring (bicyclic) bond motifs is 2. The van der Waals surface area contributed by atoms with E-state index in [2.05, 4.69) is 22.4 Å². The maximum Gasteiger partial charge on any atom is 0.419 e. The standard InChI is InChI=1S/C24H26N4O4S/c1-3-33(30,31)28-10-7-19(8-11-28)26-21-13-18(12-17-6-9-25-15-20(17)21)16-4-5-23-22(14-16)27(2)24(29)32-23/h4-6,9,12-15,19,26H,3,7-8,10-11H2,1-2H3. The summed E-state index contributed by atoms with van der Waals surface area (Å²) in [5, 5.41) is 5.71. The van der Waals surface area contributed by atoms with E-state index in [0.717, 1.165) is 45.9 Å². The van der Waals surface area contributed by atoms with Crippen LogP contribution < -0.4 is 11.1 Å². The van der Waals surface area contributed by atoms with Gasteiger partial charge in [0.05, 0.1) is 11.3 Å². The zero-order chi connectivity index (χ0) is 23.2. The Bertz CT molecular complexity index is 1500. The second-order valence-corrected chi connectivity index (χ2v) is 10.7. The molecular weight excluding hydrogens is 440 g/mol. The van der Waals surface area contributed by atoms with Crippen LogP contribution in [0.1, 0.15) is 19.8 Å². The molecule has 0 radical (unpaired) electrons. The molecule has 0 bridgehead atoms. The van der Waals surface area contributed by atoms with Gasteiger partial charge >= 0.3 is 5.76 Å². The van der Waals surface area contributed by atoms with Gasteiger partial charge in [0.1, 0.15) is 0 Å². The van der Waals surface area contributed by atoms with E-state index >= 15 is 0 Å². The minimum atomic E-state index is -3.15. The summed E-state index contributed by atoms with van der Waals surface area (Å²) in [6, 6.07) is 12.1. The van der Waals surface area contributed by atoms with Gasteiger partial charge in [-0.1, -0.05) is 6.07 Å². The fraction of sp³-hybridized carbons (Fsp3) is 0.333. The third kappa shape index (κ3) is 4.02. The van der Waals surface area contributed by atoms with Crippen molar-refractivity contribution in [1.82, 2.24) is 13.9 Å². The monoisotopic (exact) mass is 466 g/mol. The van der Waals surface area contributed by atoms with Gasteiger partial charge < -0.3 is 9.73 Å². The van der Waals surface area contributed by atoms with Gasteiger partial charge in [0.25, 0.3) is 0 Å². The summed E-state index contributed by atoms with van der Waals surface area (Å²) >= 11 is 0. The van der Waals surface area contributed by atoms with Crippen molar-refractivity contribution in [2.24, 2.45) is 7.05 Å². The van der Waals surface area contributed by atoms with E-state index in [4.69, 9.17) is 4.42 Å². The second kappa shape index (κ2) is 8.31. The molecule has 3 heterocycles. The van der Waals surface area contributed by atoms with Crippen LogP contribution in [0.5, 0.6) is 0 Å². The summed E-state index contributed by atoms with van der Waals surface area (Å²) in [6.45, 7) is 2.73. The Kier molecular flexibility index (Phi) is 5.46. The van der Waals surface area contributed by atoms with Crippen molar-refractivity contribution in [2.45, 2.75) is 25.8 Å². The predicted molar refractivity (Wildman–Crippen MR) is 130 cm³/mol. The fourth-order valence-corrected chi connectivity index (χ4v) is 5.60. The van der Waals surface area contributed by atoms with Crippen LogP contribution in [0.15, 0.2) is 58.0 Å².